The number of aromatic nitrogens is 2. The predicted molar refractivity (Wildman–Crippen MR) is 61.1 cm³/mol. The van der Waals surface area contributed by atoms with Gasteiger partial charge in [-0.1, -0.05) is 11.6 Å². The number of imidazole rings is 1. The fourth-order valence-corrected chi connectivity index (χ4v) is 2.10. The van der Waals surface area contributed by atoms with Crippen molar-refractivity contribution >= 4 is 11.6 Å². The van der Waals surface area contributed by atoms with Crippen LogP contribution in [0.3, 0.4) is 0 Å². The van der Waals surface area contributed by atoms with Crippen LogP contribution in [0.15, 0.2) is 6.33 Å². The summed E-state index contributed by atoms with van der Waals surface area (Å²) >= 11 is 6.07. The van der Waals surface area contributed by atoms with Gasteiger partial charge >= 0.3 is 0 Å². The lowest BCUT2D eigenvalue weighted by atomic mass is 10.3. The number of aryl methyl sites for hydroxylation is 1. The van der Waals surface area contributed by atoms with Crippen LogP contribution in [0.2, 0.25) is 5.15 Å². The maximum atomic E-state index is 6.07. The summed E-state index contributed by atoms with van der Waals surface area (Å²) in [6.45, 7) is 8.26. The van der Waals surface area contributed by atoms with Crippen LogP contribution in [0, 0.1) is 0 Å². The Balaban J connectivity index is 2.04. The Bertz CT molecular complexity index is 317. The highest BCUT2D eigenvalue weighted by atomic mass is 35.5. The maximum Gasteiger partial charge on any atom is 0.151 e. The van der Waals surface area contributed by atoms with Crippen LogP contribution in [0.5, 0.6) is 0 Å². The second-order valence-electron chi connectivity index (χ2n) is 3.79. The van der Waals surface area contributed by atoms with Gasteiger partial charge in [-0.3, -0.25) is 4.90 Å². The molecular weight excluding hydrogens is 212 g/mol. The Morgan fingerprint density at radius 2 is 2.20 bits per heavy atom. The first-order valence-electron chi connectivity index (χ1n) is 5.44. The molecule has 1 aromatic heterocycles. The number of hydrogen-bond acceptors (Lipinski definition) is 3. The van der Waals surface area contributed by atoms with E-state index in [0.29, 0.717) is 5.15 Å². The summed E-state index contributed by atoms with van der Waals surface area (Å²) in [5.74, 6) is 0. The number of nitrogens with one attached hydrogen (secondary N) is 1. The zero-order valence-corrected chi connectivity index (χ0v) is 9.80. The van der Waals surface area contributed by atoms with Crippen molar-refractivity contribution in [1.82, 2.24) is 19.8 Å². The number of rotatable bonds is 3. The average Bonchev–Trinajstić information content (AvgIpc) is 2.62. The van der Waals surface area contributed by atoms with Gasteiger partial charge in [0.1, 0.15) is 0 Å². The lowest BCUT2D eigenvalue weighted by molar-refractivity contribution is 0.228. The molecule has 1 aliphatic heterocycles. The van der Waals surface area contributed by atoms with E-state index in [2.05, 4.69) is 26.7 Å². The summed E-state index contributed by atoms with van der Waals surface area (Å²) in [6.07, 6.45) is 1.82. The highest BCUT2D eigenvalue weighted by Crippen LogP contribution is 2.16. The van der Waals surface area contributed by atoms with Crippen molar-refractivity contribution in [2.24, 2.45) is 0 Å². The summed E-state index contributed by atoms with van der Waals surface area (Å²) in [5.41, 5.74) is 1.14. The van der Waals surface area contributed by atoms with Crippen molar-refractivity contribution in [3.63, 3.8) is 0 Å². The molecule has 1 aromatic rings. The topological polar surface area (TPSA) is 33.1 Å². The van der Waals surface area contributed by atoms with Gasteiger partial charge in [-0.05, 0) is 6.92 Å². The SMILES string of the molecule is CCn1cnc(Cl)c1CN1CCNCC1. The Hall–Kier alpha value is -0.580. The van der Waals surface area contributed by atoms with E-state index in [1.807, 2.05) is 6.33 Å². The number of piperazine rings is 1. The minimum absolute atomic E-state index is 0.649. The molecule has 0 spiro atoms. The molecule has 1 aliphatic rings. The lowest BCUT2D eigenvalue weighted by Crippen LogP contribution is -2.43. The first-order chi connectivity index (χ1) is 7.31. The van der Waals surface area contributed by atoms with Crippen LogP contribution in [0.4, 0.5) is 0 Å². The molecule has 1 N–H and O–H groups in total. The third-order valence-corrected chi connectivity index (χ3v) is 3.13. The molecule has 84 valence electrons. The Morgan fingerprint density at radius 3 is 2.87 bits per heavy atom. The molecular formula is C10H17ClN4. The Labute approximate surface area is 95.2 Å². The zero-order valence-electron chi connectivity index (χ0n) is 9.04. The highest BCUT2D eigenvalue weighted by Gasteiger charge is 2.14. The van der Waals surface area contributed by atoms with Crippen LogP contribution in [-0.2, 0) is 13.1 Å². The molecule has 0 atom stereocenters. The monoisotopic (exact) mass is 228 g/mol. The number of halogens is 1. The summed E-state index contributed by atoms with van der Waals surface area (Å²) in [6, 6.07) is 0. The molecule has 0 aromatic carbocycles. The van der Waals surface area contributed by atoms with Gasteiger partial charge in [-0.25, -0.2) is 4.98 Å². The molecule has 0 aliphatic carbocycles. The van der Waals surface area contributed by atoms with Gasteiger partial charge in [-0.2, -0.15) is 0 Å². The van der Waals surface area contributed by atoms with E-state index in [0.717, 1.165) is 45.0 Å². The van der Waals surface area contributed by atoms with Gasteiger partial charge in [-0.15, -0.1) is 0 Å². The van der Waals surface area contributed by atoms with Crippen molar-refractivity contribution < 1.29 is 0 Å². The average molecular weight is 229 g/mol. The van der Waals surface area contributed by atoms with Crippen LogP contribution in [0.1, 0.15) is 12.6 Å². The first kappa shape index (κ1) is 10.9. The van der Waals surface area contributed by atoms with E-state index in [9.17, 15) is 0 Å². The fourth-order valence-electron chi connectivity index (χ4n) is 1.89. The van der Waals surface area contributed by atoms with E-state index in [-0.39, 0.29) is 0 Å². The quantitative estimate of drug-likeness (QED) is 0.837. The second-order valence-corrected chi connectivity index (χ2v) is 4.15. The van der Waals surface area contributed by atoms with Gasteiger partial charge in [0, 0.05) is 39.3 Å². The largest absolute Gasteiger partial charge is 0.332 e. The van der Waals surface area contributed by atoms with Crippen molar-refractivity contribution in [2.75, 3.05) is 26.2 Å². The summed E-state index contributed by atoms with van der Waals surface area (Å²) in [4.78, 5) is 6.55. The van der Waals surface area contributed by atoms with Gasteiger partial charge in [0.2, 0.25) is 0 Å². The van der Waals surface area contributed by atoms with E-state index >= 15 is 0 Å². The molecule has 0 unspecified atom stereocenters. The van der Waals surface area contributed by atoms with Crippen LogP contribution in [-0.4, -0.2) is 40.6 Å². The molecule has 0 bridgehead atoms. The first-order valence-corrected chi connectivity index (χ1v) is 5.81. The van der Waals surface area contributed by atoms with Crippen LogP contribution < -0.4 is 5.32 Å². The Morgan fingerprint density at radius 1 is 1.47 bits per heavy atom. The van der Waals surface area contributed by atoms with Gasteiger partial charge in [0.25, 0.3) is 0 Å². The van der Waals surface area contributed by atoms with E-state index in [1.54, 1.807) is 0 Å². The second kappa shape index (κ2) is 4.96. The third kappa shape index (κ3) is 2.51. The summed E-state index contributed by atoms with van der Waals surface area (Å²) in [5, 5.41) is 3.99. The molecule has 1 saturated heterocycles. The minimum atomic E-state index is 0.649. The van der Waals surface area contributed by atoms with E-state index < -0.39 is 0 Å². The van der Waals surface area contributed by atoms with Crippen molar-refractivity contribution in [1.29, 1.82) is 0 Å². The molecule has 0 saturated carbocycles. The van der Waals surface area contributed by atoms with Crippen LogP contribution >= 0.6 is 11.6 Å². The summed E-state index contributed by atoms with van der Waals surface area (Å²) in [7, 11) is 0. The van der Waals surface area contributed by atoms with Crippen molar-refractivity contribution in [3.05, 3.63) is 17.2 Å². The van der Waals surface area contributed by atoms with E-state index in [1.165, 1.54) is 0 Å². The van der Waals surface area contributed by atoms with Gasteiger partial charge in [0.05, 0.1) is 12.0 Å². The predicted octanol–water partition coefficient (Wildman–Crippen LogP) is 0.962. The van der Waals surface area contributed by atoms with Gasteiger partial charge < -0.3 is 9.88 Å². The van der Waals surface area contributed by atoms with E-state index in [4.69, 9.17) is 11.6 Å². The molecule has 0 amide bonds. The third-order valence-electron chi connectivity index (χ3n) is 2.82. The Kier molecular flexibility index (Phi) is 3.61. The van der Waals surface area contributed by atoms with Crippen LogP contribution in [0.25, 0.3) is 0 Å². The molecule has 1 fully saturated rings. The lowest BCUT2D eigenvalue weighted by Gasteiger charge is -2.27. The van der Waals surface area contributed by atoms with Gasteiger partial charge in [0.15, 0.2) is 5.15 Å². The smallest absolute Gasteiger partial charge is 0.151 e. The molecule has 5 heteroatoms. The summed E-state index contributed by atoms with van der Waals surface area (Å²) < 4.78 is 2.12. The standard InChI is InChI=1S/C10H17ClN4/c1-2-15-8-13-10(11)9(15)7-14-5-3-12-4-6-14/h8,12H,2-7H2,1H3. The normalized spacial score (nSPS) is 18.3. The maximum absolute atomic E-state index is 6.07. The molecule has 4 nitrogen and oxygen atoms in total. The molecule has 15 heavy (non-hydrogen) atoms. The zero-order chi connectivity index (χ0) is 10.7. The van der Waals surface area contributed by atoms with Crippen molar-refractivity contribution in [2.45, 2.75) is 20.0 Å². The number of hydrogen-bond donors (Lipinski definition) is 1. The molecule has 0 radical (unpaired) electrons. The molecule has 2 rings (SSSR count). The van der Waals surface area contributed by atoms with Crippen molar-refractivity contribution in [3.8, 4) is 0 Å². The fraction of sp³-hybridized carbons (Fsp3) is 0.700. The number of nitrogens with zero attached hydrogens (tertiary/aromatic N) is 3. The minimum Gasteiger partial charge on any atom is -0.332 e. The highest BCUT2D eigenvalue weighted by molar-refractivity contribution is 6.30. The molecule has 2 heterocycles.